The minimum absolute atomic E-state index is 0.496. The van der Waals surface area contributed by atoms with E-state index in [2.05, 4.69) is 38.6 Å². The molecule has 5 heteroatoms. The molecule has 0 amide bonds. The summed E-state index contributed by atoms with van der Waals surface area (Å²) in [5.41, 5.74) is 1.41. The third-order valence-corrected chi connectivity index (χ3v) is 4.55. The van der Waals surface area contributed by atoms with E-state index in [4.69, 9.17) is 0 Å². The molecule has 1 atom stereocenters. The van der Waals surface area contributed by atoms with Gasteiger partial charge in [0.2, 0.25) is 0 Å². The number of likely N-dealkylation sites (tertiary alicyclic amines) is 1. The largest absolute Gasteiger partial charge is 0.366 e. The molecule has 1 saturated heterocycles. The van der Waals surface area contributed by atoms with Crippen LogP contribution in [0.5, 0.6) is 0 Å². The van der Waals surface area contributed by atoms with Crippen LogP contribution in [-0.4, -0.2) is 34.0 Å². The SMILES string of the molecule is Cc1ccsc1CN1CCC(Nc2ccncn2)C1. The minimum atomic E-state index is 0.496. The van der Waals surface area contributed by atoms with E-state index >= 15 is 0 Å². The predicted octanol–water partition coefficient (Wildman–Crippen LogP) is 2.53. The summed E-state index contributed by atoms with van der Waals surface area (Å²) >= 11 is 1.86. The maximum absolute atomic E-state index is 4.22. The van der Waals surface area contributed by atoms with Gasteiger partial charge in [-0.2, -0.15) is 0 Å². The molecule has 0 bridgehead atoms. The van der Waals surface area contributed by atoms with Gasteiger partial charge < -0.3 is 5.32 Å². The molecule has 1 aliphatic heterocycles. The average Bonchev–Trinajstić information content (AvgIpc) is 3.02. The summed E-state index contributed by atoms with van der Waals surface area (Å²) in [5.74, 6) is 0.925. The highest BCUT2D eigenvalue weighted by Crippen LogP contribution is 2.21. The summed E-state index contributed by atoms with van der Waals surface area (Å²) in [4.78, 5) is 12.2. The van der Waals surface area contributed by atoms with Crippen LogP contribution in [0, 0.1) is 6.92 Å². The number of nitrogens with one attached hydrogen (secondary N) is 1. The molecular formula is C14H18N4S. The summed E-state index contributed by atoms with van der Waals surface area (Å²) in [6.07, 6.45) is 4.54. The molecule has 4 nitrogen and oxygen atoms in total. The van der Waals surface area contributed by atoms with Crippen LogP contribution in [0.3, 0.4) is 0 Å². The van der Waals surface area contributed by atoms with Gasteiger partial charge in [0.05, 0.1) is 0 Å². The maximum atomic E-state index is 4.22. The lowest BCUT2D eigenvalue weighted by Gasteiger charge is -2.16. The fourth-order valence-corrected chi connectivity index (χ4v) is 3.40. The molecule has 0 radical (unpaired) electrons. The summed E-state index contributed by atoms with van der Waals surface area (Å²) in [6, 6.07) is 4.62. The van der Waals surface area contributed by atoms with E-state index in [-0.39, 0.29) is 0 Å². The second kappa shape index (κ2) is 5.67. The lowest BCUT2D eigenvalue weighted by atomic mass is 10.2. The molecule has 100 valence electrons. The van der Waals surface area contributed by atoms with Crippen LogP contribution in [0.1, 0.15) is 16.9 Å². The Bertz CT molecular complexity index is 525. The van der Waals surface area contributed by atoms with Crippen molar-refractivity contribution in [3.63, 3.8) is 0 Å². The Balaban J connectivity index is 1.54. The first-order valence-corrected chi connectivity index (χ1v) is 7.47. The molecule has 3 heterocycles. The second-order valence-corrected chi connectivity index (χ2v) is 5.99. The summed E-state index contributed by atoms with van der Waals surface area (Å²) in [5, 5.41) is 5.65. The molecule has 0 aromatic carbocycles. The number of rotatable bonds is 4. The zero-order valence-corrected chi connectivity index (χ0v) is 11.9. The van der Waals surface area contributed by atoms with Crippen LogP contribution in [0.25, 0.3) is 0 Å². The molecule has 1 N–H and O–H groups in total. The van der Waals surface area contributed by atoms with Gasteiger partial charge in [-0.1, -0.05) is 0 Å². The van der Waals surface area contributed by atoms with Gasteiger partial charge in [0, 0.05) is 36.8 Å². The fraction of sp³-hybridized carbons (Fsp3) is 0.429. The van der Waals surface area contributed by atoms with Crippen molar-refractivity contribution in [2.24, 2.45) is 0 Å². The third-order valence-electron chi connectivity index (χ3n) is 3.54. The van der Waals surface area contributed by atoms with Gasteiger partial charge in [-0.15, -0.1) is 11.3 Å². The first-order valence-electron chi connectivity index (χ1n) is 6.59. The van der Waals surface area contributed by atoms with Crippen LogP contribution in [-0.2, 0) is 6.54 Å². The van der Waals surface area contributed by atoms with Crippen molar-refractivity contribution >= 4 is 17.2 Å². The Kier molecular flexibility index (Phi) is 3.75. The Labute approximate surface area is 117 Å². The van der Waals surface area contributed by atoms with Crippen LogP contribution >= 0.6 is 11.3 Å². The van der Waals surface area contributed by atoms with E-state index in [1.165, 1.54) is 16.9 Å². The van der Waals surface area contributed by atoms with E-state index < -0.39 is 0 Å². The Morgan fingerprint density at radius 2 is 2.42 bits per heavy atom. The van der Waals surface area contributed by atoms with Gasteiger partial charge in [-0.05, 0) is 36.4 Å². The summed E-state index contributed by atoms with van der Waals surface area (Å²) in [7, 11) is 0. The van der Waals surface area contributed by atoms with E-state index in [9.17, 15) is 0 Å². The number of aromatic nitrogens is 2. The highest BCUT2D eigenvalue weighted by molar-refractivity contribution is 7.10. The van der Waals surface area contributed by atoms with Crippen LogP contribution in [0.4, 0.5) is 5.82 Å². The molecule has 1 aliphatic rings. The monoisotopic (exact) mass is 274 g/mol. The maximum Gasteiger partial charge on any atom is 0.129 e. The van der Waals surface area contributed by atoms with Gasteiger partial charge in [0.25, 0.3) is 0 Å². The third kappa shape index (κ3) is 3.11. The van der Waals surface area contributed by atoms with Gasteiger partial charge in [0.15, 0.2) is 0 Å². The molecule has 1 fully saturated rings. The Morgan fingerprint density at radius 3 is 3.16 bits per heavy atom. The predicted molar refractivity (Wildman–Crippen MR) is 78.4 cm³/mol. The lowest BCUT2D eigenvalue weighted by molar-refractivity contribution is 0.331. The number of hydrogen-bond acceptors (Lipinski definition) is 5. The highest BCUT2D eigenvalue weighted by atomic mass is 32.1. The van der Waals surface area contributed by atoms with Crippen molar-refractivity contribution in [3.05, 3.63) is 40.5 Å². The molecule has 1 unspecified atom stereocenters. The number of anilines is 1. The first-order chi connectivity index (χ1) is 9.31. The molecule has 19 heavy (non-hydrogen) atoms. The Hall–Kier alpha value is -1.46. The van der Waals surface area contributed by atoms with E-state index in [1.807, 2.05) is 17.4 Å². The van der Waals surface area contributed by atoms with Crippen LogP contribution in [0.2, 0.25) is 0 Å². The number of nitrogens with zero attached hydrogens (tertiary/aromatic N) is 3. The van der Waals surface area contributed by atoms with Crippen molar-refractivity contribution in [1.82, 2.24) is 14.9 Å². The van der Waals surface area contributed by atoms with Gasteiger partial charge in [-0.25, -0.2) is 9.97 Å². The minimum Gasteiger partial charge on any atom is -0.366 e. The van der Waals surface area contributed by atoms with E-state index in [1.54, 1.807) is 12.5 Å². The van der Waals surface area contributed by atoms with Gasteiger partial charge >= 0.3 is 0 Å². The number of aryl methyl sites for hydroxylation is 1. The smallest absolute Gasteiger partial charge is 0.129 e. The standard InChI is InChI=1S/C14H18N4S/c1-11-4-7-19-13(11)9-18-6-3-12(8-18)17-14-2-5-15-10-16-14/h2,4-5,7,10,12H,3,6,8-9H2,1H3,(H,15,16,17). The van der Waals surface area contributed by atoms with Crippen molar-refractivity contribution in [2.45, 2.75) is 25.9 Å². The zero-order valence-electron chi connectivity index (χ0n) is 11.0. The lowest BCUT2D eigenvalue weighted by Crippen LogP contribution is -2.26. The molecule has 2 aromatic rings. The van der Waals surface area contributed by atoms with Gasteiger partial charge in [0.1, 0.15) is 12.1 Å². The average molecular weight is 274 g/mol. The molecule has 0 saturated carbocycles. The van der Waals surface area contributed by atoms with Crippen molar-refractivity contribution < 1.29 is 0 Å². The fourth-order valence-electron chi connectivity index (χ4n) is 2.45. The van der Waals surface area contributed by atoms with E-state index in [0.717, 1.165) is 25.5 Å². The normalized spacial score (nSPS) is 19.7. The van der Waals surface area contributed by atoms with Gasteiger partial charge in [-0.3, -0.25) is 4.90 Å². The second-order valence-electron chi connectivity index (χ2n) is 4.99. The van der Waals surface area contributed by atoms with E-state index in [0.29, 0.717) is 6.04 Å². The molecular weight excluding hydrogens is 256 g/mol. The summed E-state index contributed by atoms with van der Waals surface area (Å²) in [6.45, 7) is 5.51. The van der Waals surface area contributed by atoms with Crippen molar-refractivity contribution in [2.75, 3.05) is 18.4 Å². The van der Waals surface area contributed by atoms with Crippen LogP contribution < -0.4 is 5.32 Å². The topological polar surface area (TPSA) is 41.0 Å². The number of hydrogen-bond donors (Lipinski definition) is 1. The number of thiophene rings is 1. The molecule has 0 aliphatic carbocycles. The first kappa shape index (κ1) is 12.6. The molecule has 0 spiro atoms. The van der Waals surface area contributed by atoms with Crippen LogP contribution in [0.15, 0.2) is 30.0 Å². The highest BCUT2D eigenvalue weighted by Gasteiger charge is 2.23. The van der Waals surface area contributed by atoms with Crippen molar-refractivity contribution in [1.29, 1.82) is 0 Å². The molecule has 2 aromatic heterocycles. The quantitative estimate of drug-likeness (QED) is 0.930. The summed E-state index contributed by atoms with van der Waals surface area (Å²) < 4.78 is 0. The van der Waals surface area contributed by atoms with Crippen molar-refractivity contribution in [3.8, 4) is 0 Å². The molecule has 3 rings (SSSR count). The zero-order chi connectivity index (χ0) is 13.1. The Morgan fingerprint density at radius 1 is 1.47 bits per heavy atom.